The predicted octanol–water partition coefficient (Wildman–Crippen LogP) is 4.78. The van der Waals surface area contributed by atoms with E-state index in [4.69, 9.17) is 9.97 Å². The molecule has 8 rings (SSSR count). The number of fused-ring (bicyclic) bond motifs is 5. The summed E-state index contributed by atoms with van der Waals surface area (Å²) in [6.07, 6.45) is 7.98. The third-order valence-corrected chi connectivity index (χ3v) is 9.73. The number of anilines is 1. The van der Waals surface area contributed by atoms with E-state index in [1.165, 1.54) is 0 Å². The maximum Gasteiger partial charge on any atom is 0.207 e. The van der Waals surface area contributed by atoms with Gasteiger partial charge in [-0.25, -0.2) is 14.4 Å². The number of halogens is 1. The van der Waals surface area contributed by atoms with Crippen molar-refractivity contribution in [3.8, 4) is 28.8 Å². The molecule has 7 nitrogen and oxygen atoms in total. The molecule has 4 saturated heterocycles. The molecule has 4 fully saturated rings. The second-order valence-corrected chi connectivity index (χ2v) is 12.0. The van der Waals surface area contributed by atoms with Gasteiger partial charge in [-0.15, -0.1) is 0 Å². The molecule has 0 spiro atoms. The maximum atomic E-state index is 16.7. The first-order chi connectivity index (χ1) is 20.0. The molecule has 41 heavy (non-hydrogen) atoms. The molecular formula is C33H33FN6O. The monoisotopic (exact) mass is 548 g/mol. The number of nitrogens with zero attached hydrogens (tertiary/aromatic N) is 5. The Bertz CT molecular complexity index is 1770. The predicted molar refractivity (Wildman–Crippen MR) is 158 cm³/mol. The number of piperazine rings is 1. The molecule has 0 aliphatic carbocycles. The van der Waals surface area contributed by atoms with Crippen LogP contribution in [-0.4, -0.2) is 68.8 Å². The number of pyridine rings is 1. The van der Waals surface area contributed by atoms with Gasteiger partial charge in [0.25, 0.3) is 0 Å². The fourth-order valence-electron chi connectivity index (χ4n) is 7.78. The lowest BCUT2D eigenvalue weighted by molar-refractivity contribution is 0.261. The van der Waals surface area contributed by atoms with Crippen molar-refractivity contribution in [1.29, 1.82) is 0 Å². The molecule has 0 saturated carbocycles. The van der Waals surface area contributed by atoms with Crippen molar-refractivity contribution in [2.75, 3.05) is 31.1 Å². The Morgan fingerprint density at radius 3 is 2.78 bits per heavy atom. The topological polar surface area (TPSA) is 77.4 Å². The van der Waals surface area contributed by atoms with E-state index in [1.54, 1.807) is 18.3 Å². The molecule has 0 unspecified atom stereocenters. The Balaban J connectivity index is 1.33. The standard InChI is InChI=1S/C33H33FN6O/c1-2-20-6-3-7-21-14-24(41)16-25(28(20)21)30-29(34)31-26(18-36-30)32(40-19-22-15-23(40)17-35-22)38-27(37-31)8-11-33-9-4-12-39(33)13-5-10-33/h3,6-7,14,16,18,22-23,35,41H,2,4-5,9-10,12-13,15,17,19H2,1H3/t22-,23-/m1/s1. The molecule has 0 amide bonds. The quantitative estimate of drug-likeness (QED) is 0.357. The van der Waals surface area contributed by atoms with Crippen LogP contribution in [0.4, 0.5) is 10.2 Å². The number of nitrogens with one attached hydrogen (secondary N) is 1. The van der Waals surface area contributed by atoms with Crippen LogP contribution in [0.1, 0.15) is 50.4 Å². The van der Waals surface area contributed by atoms with Crippen molar-refractivity contribution < 1.29 is 9.50 Å². The zero-order chi connectivity index (χ0) is 27.7. The zero-order valence-corrected chi connectivity index (χ0v) is 23.3. The van der Waals surface area contributed by atoms with Gasteiger partial charge in [-0.2, -0.15) is 0 Å². The average molecular weight is 549 g/mol. The SMILES string of the molecule is CCc1cccc2cc(O)cc(-c3ncc4c(N5C[C@H]6C[C@@H]5CN6)nc(C#CC56CCCN5CCC6)nc4c3F)c12. The van der Waals surface area contributed by atoms with Crippen LogP contribution < -0.4 is 10.2 Å². The van der Waals surface area contributed by atoms with Gasteiger partial charge in [-0.1, -0.05) is 31.0 Å². The number of benzene rings is 2. The Morgan fingerprint density at radius 2 is 2.02 bits per heavy atom. The number of aromatic nitrogens is 3. The summed E-state index contributed by atoms with van der Waals surface area (Å²) in [6, 6.07) is 10.00. The normalized spacial score (nSPS) is 22.9. The Labute approximate surface area is 238 Å². The molecule has 4 aliphatic rings. The van der Waals surface area contributed by atoms with Gasteiger partial charge in [-0.05, 0) is 86.0 Å². The van der Waals surface area contributed by atoms with Gasteiger partial charge in [0.05, 0.1) is 10.9 Å². The van der Waals surface area contributed by atoms with Crippen LogP contribution in [0, 0.1) is 17.7 Å². The molecule has 2 aromatic heterocycles. The molecule has 4 aliphatic heterocycles. The minimum atomic E-state index is -0.504. The molecule has 6 heterocycles. The fraction of sp³-hybridized carbons (Fsp3) is 0.424. The van der Waals surface area contributed by atoms with Crippen molar-refractivity contribution in [3.05, 3.63) is 53.7 Å². The summed E-state index contributed by atoms with van der Waals surface area (Å²) in [5.74, 6) is 7.51. The third kappa shape index (κ3) is 3.90. The molecule has 4 aromatic rings. The van der Waals surface area contributed by atoms with Gasteiger partial charge in [0.2, 0.25) is 5.82 Å². The highest BCUT2D eigenvalue weighted by Gasteiger charge is 2.43. The lowest BCUT2D eigenvalue weighted by Gasteiger charge is -2.29. The van der Waals surface area contributed by atoms with E-state index in [9.17, 15) is 5.11 Å². The maximum absolute atomic E-state index is 16.7. The van der Waals surface area contributed by atoms with Crippen LogP contribution in [0.3, 0.4) is 0 Å². The summed E-state index contributed by atoms with van der Waals surface area (Å²) < 4.78 is 16.7. The molecular weight excluding hydrogens is 515 g/mol. The van der Waals surface area contributed by atoms with Gasteiger partial charge in [-0.3, -0.25) is 9.88 Å². The number of phenols is 1. The minimum absolute atomic E-state index is 0.0783. The molecule has 2 bridgehead atoms. The van der Waals surface area contributed by atoms with Crippen molar-refractivity contribution in [2.24, 2.45) is 0 Å². The Kier molecular flexibility index (Phi) is 5.70. The molecule has 2 atom stereocenters. The highest BCUT2D eigenvalue weighted by atomic mass is 19.1. The summed E-state index contributed by atoms with van der Waals surface area (Å²) in [4.78, 5) is 19.2. The molecule has 208 valence electrons. The minimum Gasteiger partial charge on any atom is -0.508 e. The van der Waals surface area contributed by atoms with E-state index in [1.807, 2.05) is 18.2 Å². The van der Waals surface area contributed by atoms with E-state index in [-0.39, 0.29) is 22.5 Å². The fourth-order valence-corrected chi connectivity index (χ4v) is 7.78. The van der Waals surface area contributed by atoms with Crippen LogP contribution in [0.15, 0.2) is 36.5 Å². The van der Waals surface area contributed by atoms with Crippen LogP contribution >= 0.6 is 0 Å². The smallest absolute Gasteiger partial charge is 0.207 e. The van der Waals surface area contributed by atoms with Crippen LogP contribution in [0.25, 0.3) is 32.9 Å². The lowest BCUT2D eigenvalue weighted by atomic mass is 9.95. The summed E-state index contributed by atoms with van der Waals surface area (Å²) >= 11 is 0. The Hall–Kier alpha value is -3.80. The van der Waals surface area contributed by atoms with E-state index >= 15 is 4.39 Å². The average Bonchev–Trinajstić information content (AvgIpc) is 3.77. The molecule has 2 N–H and O–H groups in total. The summed E-state index contributed by atoms with van der Waals surface area (Å²) in [5, 5.41) is 16.5. The van der Waals surface area contributed by atoms with E-state index < -0.39 is 5.82 Å². The van der Waals surface area contributed by atoms with E-state index in [0.29, 0.717) is 34.7 Å². The van der Waals surface area contributed by atoms with Gasteiger partial charge < -0.3 is 15.3 Å². The third-order valence-electron chi connectivity index (χ3n) is 9.73. The van der Waals surface area contributed by atoms with Crippen molar-refractivity contribution in [2.45, 2.75) is 63.1 Å². The van der Waals surface area contributed by atoms with Crippen LogP contribution in [-0.2, 0) is 6.42 Å². The molecule has 8 heteroatoms. The van der Waals surface area contributed by atoms with Gasteiger partial charge >= 0.3 is 0 Å². The van der Waals surface area contributed by atoms with Gasteiger partial charge in [0.15, 0.2) is 5.82 Å². The lowest BCUT2D eigenvalue weighted by Crippen LogP contribution is -2.44. The molecule has 0 radical (unpaired) electrons. The number of hydrogen-bond donors (Lipinski definition) is 2. The highest BCUT2D eigenvalue weighted by molar-refractivity contribution is 6.01. The first-order valence-electron chi connectivity index (χ1n) is 14.9. The summed E-state index contributed by atoms with van der Waals surface area (Å²) in [5.41, 5.74) is 1.96. The number of phenolic OH excluding ortho intramolecular Hbond substituents is 1. The second-order valence-electron chi connectivity index (χ2n) is 12.0. The number of hydrogen-bond acceptors (Lipinski definition) is 7. The van der Waals surface area contributed by atoms with E-state index in [0.717, 1.165) is 81.0 Å². The first-order valence-corrected chi connectivity index (χ1v) is 14.9. The first kappa shape index (κ1) is 25.0. The van der Waals surface area contributed by atoms with Crippen molar-refractivity contribution >= 4 is 27.5 Å². The van der Waals surface area contributed by atoms with Gasteiger partial charge in [0, 0.05) is 36.9 Å². The summed E-state index contributed by atoms with van der Waals surface area (Å²) in [6.45, 7) is 5.96. The number of aromatic hydroxyl groups is 1. The van der Waals surface area contributed by atoms with Crippen molar-refractivity contribution in [1.82, 2.24) is 25.2 Å². The zero-order valence-electron chi connectivity index (χ0n) is 23.3. The van der Waals surface area contributed by atoms with Crippen LogP contribution in [0.2, 0.25) is 0 Å². The summed E-state index contributed by atoms with van der Waals surface area (Å²) in [7, 11) is 0. The van der Waals surface area contributed by atoms with Crippen molar-refractivity contribution in [3.63, 3.8) is 0 Å². The van der Waals surface area contributed by atoms with Gasteiger partial charge in [0.1, 0.15) is 22.8 Å². The van der Waals surface area contributed by atoms with Crippen LogP contribution in [0.5, 0.6) is 5.75 Å². The highest BCUT2D eigenvalue weighted by Crippen LogP contribution is 2.40. The number of rotatable bonds is 3. The van der Waals surface area contributed by atoms with E-state index in [2.05, 4.69) is 38.9 Å². The largest absolute Gasteiger partial charge is 0.508 e. The molecule has 2 aromatic carbocycles. The Morgan fingerprint density at radius 1 is 1.17 bits per heavy atom. The second kappa shape index (κ2) is 9.37. The number of aryl methyl sites for hydroxylation is 1.